The van der Waals surface area contributed by atoms with Crippen molar-refractivity contribution in [3.63, 3.8) is 0 Å². The third-order valence-corrected chi connectivity index (χ3v) is 3.90. The quantitative estimate of drug-likeness (QED) is 0.881. The van der Waals surface area contributed by atoms with Crippen LogP contribution in [0.3, 0.4) is 0 Å². The van der Waals surface area contributed by atoms with E-state index in [4.69, 9.17) is 9.84 Å². The summed E-state index contributed by atoms with van der Waals surface area (Å²) in [7, 11) is 3.30. The number of carboxylic acid groups (broad SMARTS) is 1. The zero-order chi connectivity index (χ0) is 17.7. The van der Waals surface area contributed by atoms with Gasteiger partial charge in [0.2, 0.25) is 0 Å². The number of ether oxygens (including phenoxy) is 1. The predicted molar refractivity (Wildman–Crippen MR) is 89.4 cm³/mol. The van der Waals surface area contributed by atoms with Gasteiger partial charge < -0.3 is 14.7 Å². The minimum absolute atomic E-state index is 0.0459. The SMILES string of the molecule is COc1ccc(CC(C)N(C)C(=O)c2cc(C(=O)O)ccn2)cc1. The van der Waals surface area contributed by atoms with E-state index in [1.165, 1.54) is 18.3 Å². The van der Waals surface area contributed by atoms with E-state index in [9.17, 15) is 9.59 Å². The van der Waals surface area contributed by atoms with Crippen molar-refractivity contribution in [1.29, 1.82) is 0 Å². The van der Waals surface area contributed by atoms with E-state index in [-0.39, 0.29) is 23.2 Å². The zero-order valence-electron chi connectivity index (χ0n) is 13.9. The highest BCUT2D eigenvalue weighted by molar-refractivity contribution is 5.95. The zero-order valence-corrected chi connectivity index (χ0v) is 13.9. The molecule has 0 fully saturated rings. The van der Waals surface area contributed by atoms with Crippen molar-refractivity contribution in [3.8, 4) is 5.75 Å². The number of amides is 1. The Hall–Kier alpha value is -2.89. The van der Waals surface area contributed by atoms with Crippen molar-refractivity contribution in [2.75, 3.05) is 14.2 Å². The highest BCUT2D eigenvalue weighted by Crippen LogP contribution is 2.15. The number of rotatable bonds is 6. The molecule has 1 atom stereocenters. The van der Waals surface area contributed by atoms with Crippen LogP contribution < -0.4 is 4.74 Å². The van der Waals surface area contributed by atoms with Gasteiger partial charge >= 0.3 is 5.97 Å². The smallest absolute Gasteiger partial charge is 0.335 e. The van der Waals surface area contributed by atoms with Gasteiger partial charge in [-0.3, -0.25) is 9.78 Å². The Morgan fingerprint density at radius 3 is 2.50 bits per heavy atom. The summed E-state index contributed by atoms with van der Waals surface area (Å²) in [6, 6.07) is 10.2. The van der Waals surface area contributed by atoms with E-state index in [2.05, 4.69) is 4.98 Å². The lowest BCUT2D eigenvalue weighted by Crippen LogP contribution is -2.37. The van der Waals surface area contributed by atoms with Crippen molar-refractivity contribution in [2.45, 2.75) is 19.4 Å². The first-order valence-electron chi connectivity index (χ1n) is 7.51. The Kier molecular flexibility index (Phi) is 5.52. The van der Waals surface area contributed by atoms with E-state index >= 15 is 0 Å². The summed E-state index contributed by atoms with van der Waals surface area (Å²) in [5, 5.41) is 9.01. The molecule has 1 N–H and O–H groups in total. The normalized spacial score (nSPS) is 11.6. The average molecular weight is 328 g/mol. The minimum atomic E-state index is -1.08. The van der Waals surface area contributed by atoms with Gasteiger partial charge in [-0.15, -0.1) is 0 Å². The molecule has 2 rings (SSSR count). The van der Waals surface area contributed by atoms with Crippen LogP contribution in [0.5, 0.6) is 5.75 Å². The number of carboxylic acids is 1. The molecule has 0 radical (unpaired) electrons. The van der Waals surface area contributed by atoms with Crippen LogP contribution in [0, 0.1) is 0 Å². The van der Waals surface area contributed by atoms with Gasteiger partial charge in [0.05, 0.1) is 12.7 Å². The molecule has 2 aromatic rings. The molecular weight excluding hydrogens is 308 g/mol. The maximum Gasteiger partial charge on any atom is 0.335 e. The number of aromatic carboxylic acids is 1. The van der Waals surface area contributed by atoms with Crippen LogP contribution in [0.2, 0.25) is 0 Å². The Balaban J connectivity index is 2.08. The van der Waals surface area contributed by atoms with Crippen molar-refractivity contribution in [2.24, 2.45) is 0 Å². The molecule has 1 amide bonds. The molecule has 1 aromatic heterocycles. The lowest BCUT2D eigenvalue weighted by atomic mass is 10.1. The number of aromatic nitrogens is 1. The fourth-order valence-corrected chi connectivity index (χ4v) is 2.30. The van der Waals surface area contributed by atoms with Crippen molar-refractivity contribution in [1.82, 2.24) is 9.88 Å². The maximum absolute atomic E-state index is 12.5. The van der Waals surface area contributed by atoms with Crippen LogP contribution in [0.15, 0.2) is 42.6 Å². The van der Waals surface area contributed by atoms with Gasteiger partial charge in [-0.25, -0.2) is 4.79 Å². The Morgan fingerprint density at radius 2 is 1.92 bits per heavy atom. The number of likely N-dealkylation sites (N-methyl/N-ethyl adjacent to an activating group) is 1. The van der Waals surface area contributed by atoms with Crippen LogP contribution in [0.25, 0.3) is 0 Å². The molecule has 1 unspecified atom stereocenters. The first kappa shape index (κ1) is 17.5. The van der Waals surface area contributed by atoms with E-state index in [0.717, 1.165) is 11.3 Å². The Bertz CT molecular complexity index is 728. The first-order chi connectivity index (χ1) is 11.4. The lowest BCUT2D eigenvalue weighted by Gasteiger charge is -2.25. The number of nitrogens with zero attached hydrogens (tertiary/aromatic N) is 2. The lowest BCUT2D eigenvalue weighted by molar-refractivity contribution is 0.0696. The molecule has 0 bridgehead atoms. The van der Waals surface area contributed by atoms with Crippen molar-refractivity contribution >= 4 is 11.9 Å². The van der Waals surface area contributed by atoms with Crippen molar-refractivity contribution < 1.29 is 19.4 Å². The van der Waals surface area contributed by atoms with Gasteiger partial charge in [0.25, 0.3) is 5.91 Å². The molecule has 0 saturated carbocycles. The predicted octanol–water partition coefficient (Wildman–Crippen LogP) is 2.49. The molecule has 0 aliphatic carbocycles. The summed E-state index contributed by atoms with van der Waals surface area (Å²) in [5.41, 5.74) is 1.25. The molecule has 0 aliphatic heterocycles. The van der Waals surface area contributed by atoms with Gasteiger partial charge in [-0.1, -0.05) is 12.1 Å². The number of hydrogen-bond donors (Lipinski definition) is 1. The van der Waals surface area contributed by atoms with Gasteiger partial charge in [0.15, 0.2) is 0 Å². The third-order valence-electron chi connectivity index (χ3n) is 3.90. The summed E-state index contributed by atoms with van der Waals surface area (Å²) in [6.07, 6.45) is 2.00. The molecule has 1 aromatic carbocycles. The molecule has 1 heterocycles. The van der Waals surface area contributed by atoms with Crippen LogP contribution in [0.1, 0.15) is 33.3 Å². The number of pyridine rings is 1. The summed E-state index contributed by atoms with van der Waals surface area (Å²) < 4.78 is 5.13. The first-order valence-corrected chi connectivity index (χ1v) is 7.51. The summed E-state index contributed by atoms with van der Waals surface area (Å²) >= 11 is 0. The number of methoxy groups -OCH3 is 1. The van der Waals surface area contributed by atoms with E-state index in [1.807, 2.05) is 31.2 Å². The topological polar surface area (TPSA) is 79.7 Å². The summed E-state index contributed by atoms with van der Waals surface area (Å²) in [6.45, 7) is 1.93. The van der Waals surface area contributed by atoms with Crippen LogP contribution in [0.4, 0.5) is 0 Å². The summed E-state index contributed by atoms with van der Waals surface area (Å²) in [5.74, 6) is -0.606. The molecule has 6 nitrogen and oxygen atoms in total. The standard InChI is InChI=1S/C18H20N2O4/c1-12(10-13-4-6-15(24-3)7-5-13)20(2)17(21)16-11-14(18(22)23)8-9-19-16/h4-9,11-12H,10H2,1-3H3,(H,22,23). The fourth-order valence-electron chi connectivity index (χ4n) is 2.30. The van der Waals surface area contributed by atoms with E-state index in [1.54, 1.807) is 19.1 Å². The fraction of sp³-hybridized carbons (Fsp3) is 0.278. The summed E-state index contributed by atoms with van der Waals surface area (Å²) in [4.78, 5) is 29.1. The third kappa shape index (κ3) is 4.10. The second kappa shape index (κ2) is 7.59. The molecule has 24 heavy (non-hydrogen) atoms. The molecule has 6 heteroatoms. The van der Waals surface area contributed by atoms with E-state index < -0.39 is 5.97 Å². The Morgan fingerprint density at radius 1 is 1.25 bits per heavy atom. The largest absolute Gasteiger partial charge is 0.497 e. The van der Waals surface area contributed by atoms with Crippen LogP contribution >= 0.6 is 0 Å². The highest BCUT2D eigenvalue weighted by atomic mass is 16.5. The number of benzene rings is 1. The monoisotopic (exact) mass is 328 g/mol. The van der Waals surface area contributed by atoms with E-state index in [0.29, 0.717) is 6.42 Å². The number of hydrogen-bond acceptors (Lipinski definition) is 4. The van der Waals surface area contributed by atoms with Gasteiger partial charge in [-0.05, 0) is 43.2 Å². The van der Waals surface area contributed by atoms with Crippen LogP contribution in [-0.4, -0.2) is 47.1 Å². The van der Waals surface area contributed by atoms with Gasteiger partial charge in [-0.2, -0.15) is 0 Å². The second-order valence-corrected chi connectivity index (χ2v) is 5.55. The minimum Gasteiger partial charge on any atom is -0.497 e. The maximum atomic E-state index is 12.5. The van der Waals surface area contributed by atoms with Gasteiger partial charge in [0, 0.05) is 19.3 Å². The molecule has 0 saturated heterocycles. The number of carbonyl (C=O) groups is 2. The highest BCUT2D eigenvalue weighted by Gasteiger charge is 2.20. The molecule has 0 spiro atoms. The van der Waals surface area contributed by atoms with Gasteiger partial charge in [0.1, 0.15) is 11.4 Å². The average Bonchev–Trinajstić information content (AvgIpc) is 2.61. The van der Waals surface area contributed by atoms with Crippen LogP contribution in [-0.2, 0) is 6.42 Å². The molecule has 126 valence electrons. The van der Waals surface area contributed by atoms with Crippen molar-refractivity contribution in [3.05, 3.63) is 59.4 Å². The Labute approximate surface area is 140 Å². The molecular formula is C18H20N2O4. The molecule has 0 aliphatic rings. The second-order valence-electron chi connectivity index (χ2n) is 5.55. The number of carbonyl (C=O) groups excluding carboxylic acids is 1.